The Balaban J connectivity index is 1.18. The molecule has 4 bridgehead atoms. The van der Waals surface area contributed by atoms with Crippen molar-refractivity contribution in [1.82, 2.24) is 19.9 Å². The van der Waals surface area contributed by atoms with E-state index in [1.54, 1.807) is 30.9 Å². The summed E-state index contributed by atoms with van der Waals surface area (Å²) in [5.41, 5.74) is 1.71. The average Bonchev–Trinajstić information content (AvgIpc) is 2.76. The van der Waals surface area contributed by atoms with E-state index in [0.29, 0.717) is 36.9 Å². The van der Waals surface area contributed by atoms with Crippen molar-refractivity contribution in [3.8, 4) is 0 Å². The third-order valence-corrected chi connectivity index (χ3v) is 7.94. The van der Waals surface area contributed by atoms with Gasteiger partial charge >= 0.3 is 0 Å². The Labute approximate surface area is 181 Å². The molecule has 7 heteroatoms. The molecule has 1 amide bonds. The number of hydrogen-bond donors (Lipinski definition) is 1. The minimum absolute atomic E-state index is 0.0197. The Hall–Kier alpha value is -2.57. The first-order valence-electron chi connectivity index (χ1n) is 11.5. The van der Waals surface area contributed by atoms with Crippen molar-refractivity contribution in [1.29, 1.82) is 0 Å². The van der Waals surface area contributed by atoms with Crippen LogP contribution in [0.2, 0.25) is 0 Å². The zero-order valence-corrected chi connectivity index (χ0v) is 17.7. The molecule has 2 atom stereocenters. The summed E-state index contributed by atoms with van der Waals surface area (Å²) in [7, 11) is 0. The van der Waals surface area contributed by atoms with Gasteiger partial charge in [-0.05, 0) is 74.3 Å². The quantitative estimate of drug-likeness (QED) is 0.813. The lowest BCUT2D eigenvalue weighted by atomic mass is 9.48. The number of anilines is 1. The summed E-state index contributed by atoms with van der Waals surface area (Å²) >= 11 is 0. The van der Waals surface area contributed by atoms with Crippen molar-refractivity contribution in [2.45, 2.75) is 57.2 Å². The molecule has 2 aromatic heterocycles. The monoisotopic (exact) mass is 421 g/mol. The van der Waals surface area contributed by atoms with Crippen molar-refractivity contribution in [2.24, 2.45) is 17.3 Å². The van der Waals surface area contributed by atoms with Gasteiger partial charge in [0.1, 0.15) is 17.8 Å². The topological polar surface area (TPSA) is 71.0 Å². The van der Waals surface area contributed by atoms with Gasteiger partial charge < -0.3 is 10.2 Å². The number of amides is 1. The molecule has 5 aliphatic rings. The molecule has 6 nitrogen and oxygen atoms in total. The zero-order valence-electron chi connectivity index (χ0n) is 17.7. The number of alkyl halides is 1. The minimum Gasteiger partial charge on any atom is -0.369 e. The van der Waals surface area contributed by atoms with E-state index in [0.717, 1.165) is 55.7 Å². The molecule has 0 saturated heterocycles. The molecule has 31 heavy (non-hydrogen) atoms. The fraction of sp³-hybridized carbons (Fsp3) is 0.583. The number of halogens is 1. The summed E-state index contributed by atoms with van der Waals surface area (Å²) < 4.78 is 15.3. The molecule has 3 heterocycles. The van der Waals surface area contributed by atoms with Crippen LogP contribution in [0.1, 0.15) is 60.1 Å². The van der Waals surface area contributed by atoms with Gasteiger partial charge in [0.05, 0.1) is 17.8 Å². The van der Waals surface area contributed by atoms with Gasteiger partial charge in [0.15, 0.2) is 0 Å². The summed E-state index contributed by atoms with van der Waals surface area (Å²) in [5.74, 6) is 1.95. The van der Waals surface area contributed by atoms with E-state index in [4.69, 9.17) is 0 Å². The van der Waals surface area contributed by atoms with Crippen LogP contribution >= 0.6 is 0 Å². The van der Waals surface area contributed by atoms with Crippen molar-refractivity contribution in [3.05, 3.63) is 47.7 Å². The predicted octanol–water partition coefficient (Wildman–Crippen LogP) is 3.79. The molecule has 1 N–H and O–H groups in total. The largest absolute Gasteiger partial charge is 0.369 e. The number of rotatable bonds is 4. The summed E-state index contributed by atoms with van der Waals surface area (Å²) in [6, 6.07) is 3.57. The Morgan fingerprint density at radius 3 is 2.81 bits per heavy atom. The lowest BCUT2D eigenvalue weighted by Crippen LogP contribution is -2.55. The van der Waals surface area contributed by atoms with Gasteiger partial charge in [0.25, 0.3) is 5.91 Å². The summed E-state index contributed by atoms with van der Waals surface area (Å²) in [5, 5.41) is 3.59. The molecule has 2 unspecified atom stereocenters. The van der Waals surface area contributed by atoms with Gasteiger partial charge in [-0.15, -0.1) is 0 Å². The lowest BCUT2D eigenvalue weighted by Gasteiger charge is -2.59. The second kappa shape index (κ2) is 6.97. The van der Waals surface area contributed by atoms with Crippen LogP contribution in [0.15, 0.2) is 30.9 Å². The van der Waals surface area contributed by atoms with E-state index in [1.807, 2.05) is 4.90 Å². The Bertz CT molecular complexity index is 998. The SMILES string of the molecule is O=C(c1cccnc1)N1CCc2c(ncnc2NCC23CC4CC(CC(F)(C4)C2)C3)C1. The van der Waals surface area contributed by atoms with Crippen molar-refractivity contribution in [3.63, 3.8) is 0 Å². The molecule has 0 aromatic carbocycles. The molecule has 1 aliphatic heterocycles. The van der Waals surface area contributed by atoms with Crippen molar-refractivity contribution >= 4 is 11.7 Å². The first-order valence-corrected chi connectivity index (χ1v) is 11.5. The number of nitrogens with one attached hydrogen (secondary N) is 1. The Morgan fingerprint density at radius 2 is 2.06 bits per heavy atom. The first kappa shape index (κ1) is 19.1. The normalized spacial score (nSPS) is 33.3. The highest BCUT2D eigenvalue weighted by Crippen LogP contribution is 2.62. The van der Waals surface area contributed by atoms with E-state index in [9.17, 15) is 4.79 Å². The Morgan fingerprint density at radius 1 is 1.23 bits per heavy atom. The Kier molecular flexibility index (Phi) is 4.30. The van der Waals surface area contributed by atoms with E-state index in [1.165, 1.54) is 6.42 Å². The maximum Gasteiger partial charge on any atom is 0.255 e. The summed E-state index contributed by atoms with van der Waals surface area (Å²) in [6.07, 6.45) is 11.3. The van der Waals surface area contributed by atoms with Crippen LogP contribution in [-0.2, 0) is 13.0 Å². The van der Waals surface area contributed by atoms with E-state index >= 15 is 4.39 Å². The van der Waals surface area contributed by atoms with E-state index in [2.05, 4.69) is 20.3 Å². The van der Waals surface area contributed by atoms with Crippen LogP contribution in [0, 0.1) is 17.3 Å². The maximum absolute atomic E-state index is 15.3. The van der Waals surface area contributed by atoms with E-state index in [-0.39, 0.29) is 11.3 Å². The van der Waals surface area contributed by atoms with Gasteiger partial charge in [0.2, 0.25) is 0 Å². The maximum atomic E-state index is 15.3. The van der Waals surface area contributed by atoms with Crippen molar-refractivity contribution < 1.29 is 9.18 Å². The van der Waals surface area contributed by atoms with E-state index < -0.39 is 5.67 Å². The van der Waals surface area contributed by atoms with Gasteiger partial charge in [0, 0.05) is 31.0 Å². The third kappa shape index (κ3) is 3.38. The fourth-order valence-electron chi connectivity index (χ4n) is 7.17. The standard InChI is InChI=1S/C24H28FN5O/c25-24-9-16-6-17(10-24)8-23(7-16,13-24)14-27-21-19-3-5-30(12-20(19)28-15-29-21)22(31)18-2-1-4-26-11-18/h1-2,4,11,15-17H,3,5-10,12-14H2,(H,27,28,29). The molecule has 162 valence electrons. The van der Waals surface area contributed by atoms with Gasteiger partial charge in [-0.1, -0.05) is 0 Å². The highest BCUT2D eigenvalue weighted by atomic mass is 19.1. The smallest absolute Gasteiger partial charge is 0.255 e. The number of nitrogens with zero attached hydrogens (tertiary/aromatic N) is 4. The van der Waals surface area contributed by atoms with Gasteiger partial charge in [-0.25, -0.2) is 14.4 Å². The molecule has 4 fully saturated rings. The van der Waals surface area contributed by atoms with Crippen LogP contribution in [0.5, 0.6) is 0 Å². The van der Waals surface area contributed by atoms with Crippen LogP contribution in [-0.4, -0.2) is 44.5 Å². The molecule has 4 aliphatic carbocycles. The van der Waals surface area contributed by atoms with Crippen LogP contribution in [0.25, 0.3) is 0 Å². The second-order valence-electron chi connectivity index (χ2n) is 10.3. The number of fused-ring (bicyclic) bond motifs is 1. The second-order valence-corrected chi connectivity index (χ2v) is 10.3. The minimum atomic E-state index is -0.940. The highest BCUT2D eigenvalue weighted by molar-refractivity contribution is 5.94. The molecule has 4 saturated carbocycles. The van der Waals surface area contributed by atoms with Crippen LogP contribution in [0.3, 0.4) is 0 Å². The van der Waals surface area contributed by atoms with Gasteiger partial charge in [-0.2, -0.15) is 0 Å². The molecule has 0 radical (unpaired) electrons. The molecular formula is C24H28FN5O. The number of carbonyl (C=O) groups excluding carboxylic acids is 1. The number of carbonyl (C=O) groups is 1. The fourth-order valence-corrected chi connectivity index (χ4v) is 7.17. The summed E-state index contributed by atoms with van der Waals surface area (Å²) in [6.45, 7) is 1.89. The zero-order chi connectivity index (χ0) is 21.1. The number of pyridine rings is 1. The number of hydrogen-bond acceptors (Lipinski definition) is 5. The molecule has 0 spiro atoms. The van der Waals surface area contributed by atoms with Crippen molar-refractivity contribution in [2.75, 3.05) is 18.4 Å². The van der Waals surface area contributed by atoms with Gasteiger partial charge in [-0.3, -0.25) is 9.78 Å². The highest BCUT2D eigenvalue weighted by Gasteiger charge is 2.58. The van der Waals surface area contributed by atoms with Crippen LogP contribution < -0.4 is 5.32 Å². The third-order valence-electron chi connectivity index (χ3n) is 7.94. The lowest BCUT2D eigenvalue weighted by molar-refractivity contribution is -0.117. The molecule has 7 rings (SSSR count). The first-order chi connectivity index (χ1) is 15.0. The molecule has 2 aromatic rings. The predicted molar refractivity (Wildman–Crippen MR) is 114 cm³/mol. The summed E-state index contributed by atoms with van der Waals surface area (Å²) in [4.78, 5) is 27.7. The van der Waals surface area contributed by atoms with Crippen LogP contribution in [0.4, 0.5) is 10.2 Å². The average molecular weight is 422 g/mol. The number of aromatic nitrogens is 3. The molecular weight excluding hydrogens is 393 g/mol.